The van der Waals surface area contributed by atoms with Crippen LogP contribution in [0.25, 0.3) is 22.3 Å². The number of aryl methyl sites for hydroxylation is 2. The summed E-state index contributed by atoms with van der Waals surface area (Å²) >= 11 is 0. The lowest BCUT2D eigenvalue weighted by atomic mass is 9.93. The van der Waals surface area contributed by atoms with E-state index in [9.17, 15) is 10.1 Å². The fourth-order valence-electron chi connectivity index (χ4n) is 2.90. The van der Waals surface area contributed by atoms with Gasteiger partial charge in [0.15, 0.2) is 0 Å². The second-order valence-corrected chi connectivity index (χ2v) is 4.83. The Kier molecular flexibility index (Phi) is 2.14. The van der Waals surface area contributed by atoms with E-state index in [4.69, 9.17) is 0 Å². The quantitative estimate of drug-likeness (QED) is 0.542. The topological polar surface area (TPSA) is 84.7 Å². The molecule has 98 valence electrons. The molecule has 0 unspecified atom stereocenters. The molecule has 0 fully saturated rings. The zero-order valence-corrected chi connectivity index (χ0v) is 10.5. The zero-order valence-electron chi connectivity index (χ0n) is 10.5. The zero-order chi connectivity index (χ0) is 13.7. The molecular weight excluding hydrogens is 256 g/mol. The Morgan fingerprint density at radius 3 is 3.05 bits per heavy atom. The number of nitrogens with one attached hydrogen (secondary N) is 1. The number of hydrogen-bond donors (Lipinski definition) is 1. The minimum absolute atomic E-state index is 0.104. The smallest absolute Gasteiger partial charge is 0.293 e. The fourth-order valence-corrected chi connectivity index (χ4v) is 2.90. The lowest BCUT2D eigenvalue weighted by Gasteiger charge is -2.14. The van der Waals surface area contributed by atoms with E-state index in [2.05, 4.69) is 15.0 Å². The van der Waals surface area contributed by atoms with Crippen LogP contribution in [0.2, 0.25) is 0 Å². The van der Waals surface area contributed by atoms with Gasteiger partial charge in [0, 0.05) is 17.6 Å². The average Bonchev–Trinajstić information content (AvgIpc) is 2.86. The van der Waals surface area contributed by atoms with E-state index in [0.29, 0.717) is 5.52 Å². The summed E-state index contributed by atoms with van der Waals surface area (Å²) in [4.78, 5) is 22.3. The molecule has 0 spiro atoms. The summed E-state index contributed by atoms with van der Waals surface area (Å²) in [7, 11) is 0. The Morgan fingerprint density at radius 1 is 1.30 bits per heavy atom. The van der Waals surface area contributed by atoms with E-state index in [1.807, 2.05) is 12.3 Å². The Hall–Kier alpha value is -2.76. The van der Waals surface area contributed by atoms with Gasteiger partial charge in [0.25, 0.3) is 5.69 Å². The molecular formula is C14H10N4O2. The van der Waals surface area contributed by atoms with Gasteiger partial charge in [-0.15, -0.1) is 0 Å². The van der Waals surface area contributed by atoms with E-state index in [1.165, 1.54) is 12.4 Å². The predicted molar refractivity (Wildman–Crippen MR) is 73.4 cm³/mol. The highest BCUT2D eigenvalue weighted by Gasteiger charge is 2.25. The first kappa shape index (κ1) is 11.1. The monoisotopic (exact) mass is 266 g/mol. The molecule has 6 heteroatoms. The van der Waals surface area contributed by atoms with Crippen molar-refractivity contribution in [1.82, 2.24) is 15.0 Å². The first-order valence-corrected chi connectivity index (χ1v) is 6.33. The van der Waals surface area contributed by atoms with Gasteiger partial charge in [-0.05, 0) is 24.0 Å². The molecule has 2 heterocycles. The summed E-state index contributed by atoms with van der Waals surface area (Å²) in [6.45, 7) is 0. The van der Waals surface area contributed by atoms with Crippen LogP contribution < -0.4 is 0 Å². The summed E-state index contributed by atoms with van der Waals surface area (Å²) < 4.78 is 0. The number of nitro benzene ring substituents is 1. The van der Waals surface area contributed by atoms with Crippen LogP contribution in [0.4, 0.5) is 5.69 Å². The second-order valence-electron chi connectivity index (χ2n) is 4.83. The van der Waals surface area contributed by atoms with Crippen molar-refractivity contribution < 1.29 is 4.92 Å². The van der Waals surface area contributed by atoms with E-state index in [0.717, 1.165) is 40.7 Å². The summed E-state index contributed by atoms with van der Waals surface area (Å²) in [5.41, 5.74) is 4.61. The van der Waals surface area contributed by atoms with Gasteiger partial charge in [0.05, 0.1) is 16.3 Å². The largest absolute Gasteiger partial charge is 0.347 e. The number of H-pyrrole nitrogens is 1. The van der Waals surface area contributed by atoms with E-state index in [-0.39, 0.29) is 10.6 Å². The molecule has 1 aromatic carbocycles. The van der Waals surface area contributed by atoms with Crippen molar-refractivity contribution in [2.24, 2.45) is 0 Å². The van der Waals surface area contributed by atoms with Crippen molar-refractivity contribution >= 4 is 16.6 Å². The number of nitro groups is 1. The first-order chi connectivity index (χ1) is 9.75. The van der Waals surface area contributed by atoms with Crippen LogP contribution >= 0.6 is 0 Å². The molecule has 1 N–H and O–H groups in total. The maximum atomic E-state index is 11.1. The summed E-state index contributed by atoms with van der Waals surface area (Å²) in [6, 6.07) is 5.17. The molecule has 20 heavy (non-hydrogen) atoms. The van der Waals surface area contributed by atoms with Crippen molar-refractivity contribution in [3.8, 4) is 11.4 Å². The minimum atomic E-state index is -0.356. The molecule has 0 radical (unpaired) electrons. The summed E-state index contributed by atoms with van der Waals surface area (Å²) in [6.07, 6.45) is 5.02. The summed E-state index contributed by atoms with van der Waals surface area (Å²) in [5.74, 6) is 0. The summed E-state index contributed by atoms with van der Waals surface area (Å²) in [5, 5.41) is 12.0. The highest BCUT2D eigenvalue weighted by atomic mass is 16.6. The van der Waals surface area contributed by atoms with Crippen LogP contribution in [0.3, 0.4) is 0 Å². The highest BCUT2D eigenvalue weighted by Crippen LogP contribution is 2.38. The minimum Gasteiger partial charge on any atom is -0.347 e. The molecule has 0 bridgehead atoms. The normalized spacial score (nSPS) is 13.0. The van der Waals surface area contributed by atoms with E-state index in [1.54, 1.807) is 6.07 Å². The van der Waals surface area contributed by atoms with Gasteiger partial charge in [-0.2, -0.15) is 0 Å². The number of fused-ring (bicyclic) bond motifs is 5. The third kappa shape index (κ3) is 1.38. The average molecular weight is 266 g/mol. The van der Waals surface area contributed by atoms with Crippen LogP contribution in [-0.4, -0.2) is 19.9 Å². The van der Waals surface area contributed by atoms with Crippen molar-refractivity contribution in [1.29, 1.82) is 0 Å². The molecule has 0 atom stereocenters. The third-order valence-corrected chi connectivity index (χ3v) is 3.79. The van der Waals surface area contributed by atoms with Crippen molar-refractivity contribution in [2.75, 3.05) is 0 Å². The standard InChI is InChI=1S/C14H10N4O2/c19-18(20)11-3-1-2-9-10-5-4-8-6-15-7-16-12(8)14(10)17-13(9)11/h1-3,6-7,17H,4-5H2. The van der Waals surface area contributed by atoms with Crippen LogP contribution in [0, 0.1) is 10.1 Å². The molecule has 2 aromatic heterocycles. The maximum absolute atomic E-state index is 11.1. The molecule has 0 amide bonds. The maximum Gasteiger partial charge on any atom is 0.293 e. The van der Waals surface area contributed by atoms with Crippen LogP contribution in [0.5, 0.6) is 0 Å². The second kappa shape index (κ2) is 3.86. The number of aromatic nitrogens is 3. The van der Waals surface area contributed by atoms with Crippen molar-refractivity contribution in [3.63, 3.8) is 0 Å². The van der Waals surface area contributed by atoms with Gasteiger partial charge in [-0.25, -0.2) is 9.97 Å². The lowest BCUT2D eigenvalue weighted by molar-refractivity contribution is -0.383. The predicted octanol–water partition coefficient (Wildman–Crippen LogP) is 2.63. The van der Waals surface area contributed by atoms with Crippen LogP contribution in [0.1, 0.15) is 11.1 Å². The Bertz CT molecular complexity index is 854. The van der Waals surface area contributed by atoms with E-state index < -0.39 is 0 Å². The first-order valence-electron chi connectivity index (χ1n) is 6.33. The molecule has 1 aliphatic carbocycles. The van der Waals surface area contributed by atoms with E-state index >= 15 is 0 Å². The van der Waals surface area contributed by atoms with Gasteiger partial charge in [0.2, 0.25) is 0 Å². The number of para-hydroxylation sites is 1. The SMILES string of the molecule is O=[N+]([O-])c1cccc2c3c([nH]c12)-c1ncncc1CC3. The number of rotatable bonds is 1. The van der Waals surface area contributed by atoms with Crippen LogP contribution in [-0.2, 0) is 12.8 Å². The molecule has 6 nitrogen and oxygen atoms in total. The highest BCUT2D eigenvalue weighted by molar-refractivity contribution is 5.96. The van der Waals surface area contributed by atoms with Gasteiger partial charge >= 0.3 is 0 Å². The molecule has 0 saturated carbocycles. The van der Waals surface area contributed by atoms with Gasteiger partial charge in [0.1, 0.15) is 11.8 Å². The van der Waals surface area contributed by atoms with Crippen LogP contribution in [0.15, 0.2) is 30.7 Å². The molecule has 1 aliphatic rings. The van der Waals surface area contributed by atoms with Crippen molar-refractivity contribution in [2.45, 2.75) is 12.8 Å². The van der Waals surface area contributed by atoms with Gasteiger partial charge in [-0.3, -0.25) is 10.1 Å². The number of aromatic amines is 1. The molecule has 3 aromatic rings. The lowest BCUT2D eigenvalue weighted by Crippen LogP contribution is -2.05. The number of nitrogens with zero attached hydrogens (tertiary/aromatic N) is 3. The third-order valence-electron chi connectivity index (χ3n) is 3.79. The number of non-ortho nitro benzene ring substituents is 1. The molecule has 0 saturated heterocycles. The van der Waals surface area contributed by atoms with Gasteiger partial charge < -0.3 is 4.98 Å². The van der Waals surface area contributed by atoms with Gasteiger partial charge in [-0.1, -0.05) is 12.1 Å². The Morgan fingerprint density at radius 2 is 2.20 bits per heavy atom. The van der Waals surface area contributed by atoms with Crippen molar-refractivity contribution in [3.05, 3.63) is 52.0 Å². The fraction of sp³-hybridized carbons (Fsp3) is 0.143. The number of hydrogen-bond acceptors (Lipinski definition) is 4. The molecule has 4 rings (SSSR count). The molecule has 0 aliphatic heterocycles. The number of benzene rings is 1. The Labute approximate surface area is 113 Å². The Balaban J connectivity index is 2.08.